The van der Waals surface area contributed by atoms with Crippen molar-refractivity contribution in [2.75, 3.05) is 10.6 Å². The van der Waals surface area contributed by atoms with E-state index in [0.29, 0.717) is 34.6 Å². The van der Waals surface area contributed by atoms with Gasteiger partial charge in [0.05, 0.1) is 5.57 Å². The fourth-order valence-corrected chi connectivity index (χ4v) is 4.86. The van der Waals surface area contributed by atoms with Gasteiger partial charge in [-0.1, -0.05) is 51.8 Å². The van der Waals surface area contributed by atoms with E-state index in [1.54, 1.807) is 4.68 Å². The Hall–Kier alpha value is -3.62. The predicted octanol–water partition coefficient (Wildman–Crippen LogP) is 6.82. The number of rotatable bonds is 6. The zero-order valence-corrected chi connectivity index (χ0v) is 22.9. The molecule has 2 N–H and O–H groups in total. The van der Waals surface area contributed by atoms with Crippen molar-refractivity contribution in [1.29, 1.82) is 0 Å². The van der Waals surface area contributed by atoms with Crippen LogP contribution in [-0.2, 0) is 11.4 Å². The van der Waals surface area contributed by atoms with Gasteiger partial charge in [0.1, 0.15) is 24.7 Å². The molecule has 37 heavy (non-hydrogen) atoms. The van der Waals surface area contributed by atoms with E-state index in [9.17, 15) is 4.79 Å². The lowest BCUT2D eigenvalue weighted by molar-refractivity contribution is -0.113. The second-order valence-electron chi connectivity index (χ2n) is 8.89. The highest BCUT2D eigenvalue weighted by atomic mass is 79.9. The Morgan fingerprint density at radius 3 is 2.70 bits per heavy atom. The summed E-state index contributed by atoms with van der Waals surface area (Å²) in [6.07, 6.45) is 1.47. The van der Waals surface area contributed by atoms with Crippen molar-refractivity contribution in [2.45, 2.75) is 33.4 Å². The van der Waals surface area contributed by atoms with Crippen molar-refractivity contribution in [3.8, 4) is 5.75 Å². The number of benzene rings is 3. The Kier molecular flexibility index (Phi) is 7.04. The first-order valence-electron chi connectivity index (χ1n) is 11.7. The predicted molar refractivity (Wildman–Crippen MR) is 149 cm³/mol. The minimum Gasteiger partial charge on any atom is -0.489 e. The van der Waals surface area contributed by atoms with Gasteiger partial charge >= 0.3 is 0 Å². The number of carbonyl (C=O) groups excluding carboxylic acids is 1. The van der Waals surface area contributed by atoms with Crippen LogP contribution in [0.5, 0.6) is 5.75 Å². The Morgan fingerprint density at radius 2 is 1.92 bits per heavy atom. The van der Waals surface area contributed by atoms with Gasteiger partial charge in [-0.05, 0) is 73.9 Å². The number of anilines is 2. The van der Waals surface area contributed by atoms with Crippen LogP contribution in [0.25, 0.3) is 0 Å². The average Bonchev–Trinajstić information content (AvgIpc) is 3.34. The van der Waals surface area contributed by atoms with Crippen LogP contribution in [0.2, 0.25) is 5.02 Å². The molecule has 1 atom stereocenters. The largest absolute Gasteiger partial charge is 0.489 e. The minimum atomic E-state index is -0.568. The number of nitrogens with zero attached hydrogens (tertiary/aromatic N) is 3. The van der Waals surface area contributed by atoms with E-state index in [2.05, 4.69) is 36.6 Å². The lowest BCUT2D eigenvalue weighted by atomic mass is 9.94. The highest BCUT2D eigenvalue weighted by Crippen LogP contribution is 2.40. The van der Waals surface area contributed by atoms with Gasteiger partial charge in [-0.3, -0.25) is 4.79 Å². The molecular weight excluding hydrogens is 554 g/mol. The second kappa shape index (κ2) is 10.4. The van der Waals surface area contributed by atoms with Gasteiger partial charge in [0.2, 0.25) is 5.95 Å². The van der Waals surface area contributed by atoms with Gasteiger partial charge in [0.25, 0.3) is 5.91 Å². The summed E-state index contributed by atoms with van der Waals surface area (Å²) in [5.74, 6) is 0.958. The van der Waals surface area contributed by atoms with Gasteiger partial charge in [0, 0.05) is 26.4 Å². The number of aromatic nitrogens is 3. The van der Waals surface area contributed by atoms with Crippen molar-refractivity contribution in [3.63, 3.8) is 0 Å². The molecule has 4 aromatic rings. The molecule has 0 radical (unpaired) electrons. The van der Waals surface area contributed by atoms with Crippen LogP contribution in [0.1, 0.15) is 35.2 Å². The summed E-state index contributed by atoms with van der Waals surface area (Å²) in [6, 6.07) is 18.6. The molecule has 1 aromatic heterocycles. The highest BCUT2D eigenvalue weighted by Gasteiger charge is 2.35. The van der Waals surface area contributed by atoms with Crippen molar-refractivity contribution >= 4 is 45.1 Å². The summed E-state index contributed by atoms with van der Waals surface area (Å²) >= 11 is 9.63. The minimum absolute atomic E-state index is 0.228. The Balaban J connectivity index is 1.55. The number of nitrogens with one attached hydrogen (secondary N) is 2. The summed E-state index contributed by atoms with van der Waals surface area (Å²) in [5.41, 5.74) is 5.86. The number of allylic oxidation sites excluding steroid dienone is 1. The normalized spacial score (nSPS) is 14.7. The van der Waals surface area contributed by atoms with Crippen molar-refractivity contribution in [3.05, 3.63) is 110 Å². The van der Waals surface area contributed by atoms with E-state index in [1.807, 2.05) is 81.4 Å². The zero-order chi connectivity index (χ0) is 26.1. The molecule has 1 aliphatic heterocycles. The summed E-state index contributed by atoms with van der Waals surface area (Å²) in [7, 11) is 0. The third kappa shape index (κ3) is 5.12. The molecule has 9 heteroatoms. The summed E-state index contributed by atoms with van der Waals surface area (Å²) in [6.45, 7) is 6.23. The Morgan fingerprint density at radius 1 is 1.14 bits per heavy atom. The third-order valence-electron chi connectivity index (χ3n) is 6.47. The Labute approximate surface area is 228 Å². The molecular formula is C28H25BrClN5O2. The van der Waals surface area contributed by atoms with E-state index in [4.69, 9.17) is 16.3 Å². The first kappa shape index (κ1) is 25.0. The molecule has 1 aliphatic rings. The van der Waals surface area contributed by atoms with Gasteiger partial charge in [-0.15, -0.1) is 0 Å². The standard InChI is InChI=1S/C28H25BrClN5O2/c1-16-5-4-6-23(17(16)2)34-27(36)25-18(3)33-28-31-15-32-35(28)26(25)22-13-20(29)9-12-24(22)37-14-19-7-10-21(30)11-8-19/h4-13,15,26H,14H2,1-3H3,(H,34,36)(H,31,32,33). The quantitative estimate of drug-likeness (QED) is 0.262. The molecule has 188 valence electrons. The fraction of sp³-hybridized carbons (Fsp3) is 0.179. The monoisotopic (exact) mass is 577 g/mol. The molecule has 5 rings (SSSR count). The number of ether oxygens (including phenoxy) is 1. The van der Waals surface area contributed by atoms with Crippen LogP contribution in [0.4, 0.5) is 11.6 Å². The average molecular weight is 579 g/mol. The topological polar surface area (TPSA) is 81.1 Å². The fourth-order valence-electron chi connectivity index (χ4n) is 4.35. The van der Waals surface area contributed by atoms with Gasteiger partial charge < -0.3 is 15.4 Å². The van der Waals surface area contributed by atoms with Crippen molar-refractivity contribution in [1.82, 2.24) is 14.8 Å². The molecule has 0 fully saturated rings. The SMILES string of the molecule is CC1=C(C(=O)Nc2cccc(C)c2C)C(c2cc(Br)ccc2OCc2ccc(Cl)cc2)n2ncnc2N1. The molecule has 7 nitrogen and oxygen atoms in total. The lowest BCUT2D eigenvalue weighted by Crippen LogP contribution is -2.32. The first-order valence-corrected chi connectivity index (χ1v) is 12.9. The van der Waals surface area contributed by atoms with Crippen LogP contribution < -0.4 is 15.4 Å². The highest BCUT2D eigenvalue weighted by molar-refractivity contribution is 9.10. The van der Waals surface area contributed by atoms with E-state index in [1.165, 1.54) is 6.33 Å². The number of aryl methyl sites for hydroxylation is 1. The maximum absolute atomic E-state index is 13.8. The summed E-state index contributed by atoms with van der Waals surface area (Å²) in [4.78, 5) is 18.2. The second-order valence-corrected chi connectivity index (χ2v) is 10.2. The van der Waals surface area contributed by atoms with Gasteiger partial charge in [0.15, 0.2) is 0 Å². The molecule has 1 amide bonds. The smallest absolute Gasteiger partial charge is 0.255 e. The van der Waals surface area contributed by atoms with Crippen LogP contribution in [0.3, 0.4) is 0 Å². The van der Waals surface area contributed by atoms with Crippen LogP contribution >= 0.6 is 27.5 Å². The number of fused-ring (bicyclic) bond motifs is 1. The number of hydrogen-bond acceptors (Lipinski definition) is 5. The van der Waals surface area contributed by atoms with Crippen molar-refractivity contribution in [2.24, 2.45) is 0 Å². The maximum atomic E-state index is 13.8. The van der Waals surface area contributed by atoms with Gasteiger partial charge in [-0.25, -0.2) is 4.68 Å². The molecule has 1 unspecified atom stereocenters. The molecule has 0 saturated carbocycles. The first-order chi connectivity index (χ1) is 17.8. The molecule has 0 bridgehead atoms. The number of amides is 1. The molecule has 2 heterocycles. The van der Waals surface area contributed by atoms with E-state index in [-0.39, 0.29) is 5.91 Å². The number of hydrogen-bond donors (Lipinski definition) is 2. The molecule has 3 aromatic carbocycles. The van der Waals surface area contributed by atoms with Gasteiger partial charge in [-0.2, -0.15) is 10.1 Å². The summed E-state index contributed by atoms with van der Waals surface area (Å²) < 4.78 is 8.84. The van der Waals surface area contributed by atoms with Crippen LogP contribution in [0, 0.1) is 13.8 Å². The molecule has 0 spiro atoms. The number of halogens is 2. The zero-order valence-electron chi connectivity index (χ0n) is 20.5. The maximum Gasteiger partial charge on any atom is 0.255 e. The van der Waals surface area contributed by atoms with E-state index in [0.717, 1.165) is 32.4 Å². The van der Waals surface area contributed by atoms with Crippen LogP contribution in [0.15, 0.2) is 82.7 Å². The van der Waals surface area contributed by atoms with E-state index >= 15 is 0 Å². The molecule has 0 aliphatic carbocycles. The van der Waals surface area contributed by atoms with Crippen molar-refractivity contribution < 1.29 is 9.53 Å². The molecule has 0 saturated heterocycles. The third-order valence-corrected chi connectivity index (χ3v) is 7.21. The van der Waals surface area contributed by atoms with E-state index < -0.39 is 6.04 Å². The lowest BCUT2D eigenvalue weighted by Gasteiger charge is -2.30. The Bertz CT molecular complexity index is 1510. The number of carbonyl (C=O) groups is 1. The van der Waals surface area contributed by atoms with Crippen LogP contribution in [-0.4, -0.2) is 20.7 Å². The summed E-state index contributed by atoms with van der Waals surface area (Å²) in [5, 5.41) is 11.5.